The number of ether oxygens (including phenoxy) is 1. The molecule has 0 unspecified atom stereocenters. The topological polar surface area (TPSA) is 171 Å². The summed E-state index contributed by atoms with van der Waals surface area (Å²) < 4.78 is 5.52. The molecule has 4 aromatic rings. The predicted octanol–water partition coefficient (Wildman–Crippen LogP) is 9.67. The Balaban J connectivity index is 0.000000266. The van der Waals surface area contributed by atoms with Crippen molar-refractivity contribution in [2.45, 2.75) is 105 Å². The Kier molecular flexibility index (Phi) is 10.4. The van der Waals surface area contributed by atoms with Crippen molar-refractivity contribution in [2.75, 3.05) is 0 Å². The van der Waals surface area contributed by atoms with Gasteiger partial charge in [0.1, 0.15) is 40.2 Å². The van der Waals surface area contributed by atoms with Crippen LogP contribution in [0.15, 0.2) is 48.5 Å². The van der Waals surface area contributed by atoms with Crippen molar-refractivity contribution < 1.29 is 45.6 Å². The van der Waals surface area contributed by atoms with E-state index in [0.717, 1.165) is 16.7 Å². The molecule has 49 heavy (non-hydrogen) atoms. The summed E-state index contributed by atoms with van der Waals surface area (Å²) in [5, 5.41) is 82.4. The van der Waals surface area contributed by atoms with Crippen molar-refractivity contribution in [1.29, 1.82) is 0 Å². The first-order valence-corrected chi connectivity index (χ1v) is 16.1. The maximum absolute atomic E-state index is 10.4. The predicted molar refractivity (Wildman–Crippen MR) is 193 cm³/mol. The molecule has 0 atom stereocenters. The third kappa shape index (κ3) is 8.76. The van der Waals surface area contributed by atoms with Gasteiger partial charge in [0.2, 0.25) is 5.75 Å². The smallest absolute Gasteiger partial charge is 0.210 e. The van der Waals surface area contributed by atoms with Gasteiger partial charge in [-0.3, -0.25) is 0 Å². The van der Waals surface area contributed by atoms with Crippen LogP contribution < -0.4 is 4.74 Å². The second-order valence-electron chi connectivity index (χ2n) is 16.6. The minimum absolute atomic E-state index is 0.0264. The first-order chi connectivity index (χ1) is 22.1. The SMILES string of the molecule is CC(C)(C)c1cc(O)c(-c2c(O)cc(C(C)(C)C)cc2O)c(O)c1.CC(C)(C)c1cc(O)c(Oc2cc(O)c(C(C)(C)C)c(O)c2)c(O)c1. The van der Waals surface area contributed by atoms with E-state index in [2.05, 4.69) is 0 Å². The standard InChI is InChI=1S/C20H26O5.C20H26O4/c1-19(2,3)11-7-15(23)18(16(24)8-11)25-12-9-13(21)17(14(22)10-12)20(4,5)6;1-19(2,3)11-7-13(21)17(14(22)8-11)18-15(23)9-12(10-16(18)24)20(4,5)6/h7-10,21-24H,1-6H3;7-10,21-24H,1-6H3. The largest absolute Gasteiger partial charge is 0.507 e. The van der Waals surface area contributed by atoms with Crippen LogP contribution in [0.5, 0.6) is 57.5 Å². The first kappa shape index (κ1) is 38.5. The number of hydrogen-bond acceptors (Lipinski definition) is 9. The Bertz CT molecular complexity index is 1680. The summed E-state index contributed by atoms with van der Waals surface area (Å²) in [7, 11) is 0. The van der Waals surface area contributed by atoms with Crippen molar-refractivity contribution in [3.8, 4) is 68.6 Å². The number of phenolic OH excluding ortho intramolecular Hbond substituents is 8. The molecule has 0 aromatic heterocycles. The van der Waals surface area contributed by atoms with Gasteiger partial charge in [-0.1, -0.05) is 83.1 Å². The van der Waals surface area contributed by atoms with E-state index in [1.807, 2.05) is 83.1 Å². The van der Waals surface area contributed by atoms with Crippen LogP contribution in [0.25, 0.3) is 11.1 Å². The van der Waals surface area contributed by atoms with Gasteiger partial charge in [-0.15, -0.1) is 0 Å². The molecule has 4 aromatic carbocycles. The van der Waals surface area contributed by atoms with Crippen LogP contribution >= 0.6 is 0 Å². The Hall–Kier alpha value is -4.92. The fourth-order valence-electron chi connectivity index (χ4n) is 5.27. The van der Waals surface area contributed by atoms with E-state index >= 15 is 0 Å². The van der Waals surface area contributed by atoms with Gasteiger partial charge in [0, 0.05) is 17.7 Å². The second kappa shape index (κ2) is 13.2. The summed E-state index contributed by atoms with van der Waals surface area (Å²) in [6, 6.07) is 11.9. The lowest BCUT2D eigenvalue weighted by atomic mass is 9.83. The molecule has 0 saturated heterocycles. The molecule has 9 nitrogen and oxygen atoms in total. The molecular formula is C40H52O9. The lowest BCUT2D eigenvalue weighted by molar-refractivity contribution is 0.365. The van der Waals surface area contributed by atoms with Gasteiger partial charge >= 0.3 is 0 Å². The molecule has 0 amide bonds. The van der Waals surface area contributed by atoms with Crippen LogP contribution in [0.2, 0.25) is 0 Å². The Morgan fingerprint density at radius 3 is 0.857 bits per heavy atom. The number of aromatic hydroxyl groups is 8. The molecular weight excluding hydrogens is 624 g/mol. The third-order valence-electron chi connectivity index (χ3n) is 8.13. The van der Waals surface area contributed by atoms with Gasteiger partial charge in [-0.05, 0) is 74.7 Å². The van der Waals surface area contributed by atoms with Gasteiger partial charge in [-0.25, -0.2) is 0 Å². The molecule has 0 heterocycles. The average molecular weight is 677 g/mol. The molecule has 0 bridgehead atoms. The lowest BCUT2D eigenvalue weighted by Crippen LogP contribution is -2.11. The molecule has 4 rings (SSSR count). The Morgan fingerprint density at radius 1 is 0.347 bits per heavy atom. The molecule has 8 N–H and O–H groups in total. The van der Waals surface area contributed by atoms with Gasteiger partial charge in [0.15, 0.2) is 11.5 Å². The van der Waals surface area contributed by atoms with Crippen LogP contribution in [-0.4, -0.2) is 40.9 Å². The monoisotopic (exact) mass is 676 g/mol. The molecule has 0 radical (unpaired) electrons. The van der Waals surface area contributed by atoms with Gasteiger partial charge < -0.3 is 45.6 Å². The zero-order valence-corrected chi connectivity index (χ0v) is 30.6. The molecule has 0 aliphatic rings. The van der Waals surface area contributed by atoms with E-state index in [9.17, 15) is 40.9 Å². The van der Waals surface area contributed by atoms with Crippen LogP contribution in [0.4, 0.5) is 0 Å². The second-order valence-corrected chi connectivity index (χ2v) is 16.6. The fraction of sp³-hybridized carbons (Fsp3) is 0.400. The minimum Gasteiger partial charge on any atom is -0.507 e. The third-order valence-corrected chi connectivity index (χ3v) is 8.13. The summed E-state index contributed by atoms with van der Waals surface area (Å²) in [6.07, 6.45) is 0. The summed E-state index contributed by atoms with van der Waals surface area (Å²) in [4.78, 5) is 0. The molecule has 0 fully saturated rings. The summed E-state index contributed by atoms with van der Waals surface area (Å²) >= 11 is 0. The summed E-state index contributed by atoms with van der Waals surface area (Å²) in [5.74, 6) is -1.44. The van der Waals surface area contributed by atoms with E-state index in [1.165, 1.54) is 24.3 Å². The van der Waals surface area contributed by atoms with E-state index < -0.39 is 5.41 Å². The first-order valence-electron chi connectivity index (χ1n) is 16.1. The maximum atomic E-state index is 10.4. The highest BCUT2D eigenvalue weighted by Gasteiger charge is 2.27. The number of rotatable bonds is 3. The van der Waals surface area contributed by atoms with E-state index in [4.69, 9.17) is 4.74 Å². The average Bonchev–Trinajstić information content (AvgIpc) is 2.89. The molecule has 0 spiro atoms. The lowest BCUT2D eigenvalue weighted by Gasteiger charge is -2.23. The van der Waals surface area contributed by atoms with Crippen molar-refractivity contribution in [2.24, 2.45) is 0 Å². The highest BCUT2D eigenvalue weighted by molar-refractivity contribution is 5.85. The van der Waals surface area contributed by atoms with Gasteiger partial charge in [0.25, 0.3) is 0 Å². The summed E-state index contributed by atoms with van der Waals surface area (Å²) in [6.45, 7) is 23.3. The van der Waals surface area contributed by atoms with Crippen LogP contribution in [0.1, 0.15) is 105 Å². The van der Waals surface area contributed by atoms with Crippen molar-refractivity contribution in [3.63, 3.8) is 0 Å². The normalized spacial score (nSPS) is 12.3. The van der Waals surface area contributed by atoms with E-state index in [1.54, 1.807) is 24.3 Å². The number of phenols is 8. The molecule has 0 aliphatic heterocycles. The Morgan fingerprint density at radius 2 is 0.612 bits per heavy atom. The molecule has 266 valence electrons. The Labute approximate surface area is 289 Å². The fourth-order valence-corrected chi connectivity index (χ4v) is 5.27. The van der Waals surface area contributed by atoms with Crippen LogP contribution in [-0.2, 0) is 21.7 Å². The molecule has 9 heteroatoms. The molecule has 0 saturated carbocycles. The highest BCUT2D eigenvalue weighted by atomic mass is 16.5. The van der Waals surface area contributed by atoms with Gasteiger partial charge in [0.05, 0.1) is 11.1 Å². The van der Waals surface area contributed by atoms with E-state index in [0.29, 0.717) is 5.56 Å². The van der Waals surface area contributed by atoms with Crippen LogP contribution in [0, 0.1) is 0 Å². The zero-order valence-electron chi connectivity index (χ0n) is 30.6. The summed E-state index contributed by atoms with van der Waals surface area (Å²) in [5.41, 5.74) is 1.50. The van der Waals surface area contributed by atoms with Crippen molar-refractivity contribution >= 4 is 0 Å². The number of hydrogen-bond donors (Lipinski definition) is 8. The maximum Gasteiger partial charge on any atom is 0.210 e. The zero-order chi connectivity index (χ0) is 37.6. The van der Waals surface area contributed by atoms with Crippen LogP contribution in [0.3, 0.4) is 0 Å². The van der Waals surface area contributed by atoms with Crippen molar-refractivity contribution in [1.82, 2.24) is 0 Å². The van der Waals surface area contributed by atoms with Crippen molar-refractivity contribution in [3.05, 3.63) is 70.8 Å². The number of benzene rings is 4. The molecule has 0 aliphatic carbocycles. The van der Waals surface area contributed by atoms with Gasteiger partial charge in [-0.2, -0.15) is 0 Å². The minimum atomic E-state index is -0.453. The van der Waals surface area contributed by atoms with E-state index in [-0.39, 0.29) is 84.9 Å². The highest BCUT2D eigenvalue weighted by Crippen LogP contribution is 2.50. The quantitative estimate of drug-likeness (QED) is 0.105.